The Morgan fingerprint density at radius 3 is 2.17 bits per heavy atom. The molecule has 1 unspecified atom stereocenters. The predicted octanol–water partition coefficient (Wildman–Crippen LogP) is 1.35. The Bertz CT molecular complexity index is 279. The van der Waals surface area contributed by atoms with Crippen molar-refractivity contribution in [1.29, 1.82) is 0 Å². The summed E-state index contributed by atoms with van der Waals surface area (Å²) in [5, 5.41) is 3.06. The number of hydrogen-bond donors (Lipinski definition) is 2. The summed E-state index contributed by atoms with van der Waals surface area (Å²) in [4.78, 5) is 13.9. The standard InChI is InChI=1S/C14H29N3O/c1-5-14(6-2)7-9-17(10-8-14)11-13(3,16-4)12(15)18/h16H,5-11H2,1-4H3,(H2,15,18). The minimum absolute atomic E-state index is 0.271. The molecule has 1 heterocycles. The van der Waals surface area contributed by atoms with Gasteiger partial charge in [-0.3, -0.25) is 4.79 Å². The second-order valence-corrected chi connectivity index (χ2v) is 5.93. The van der Waals surface area contributed by atoms with Crippen LogP contribution >= 0.6 is 0 Å². The Labute approximate surface area is 111 Å². The maximum absolute atomic E-state index is 11.5. The van der Waals surface area contributed by atoms with Gasteiger partial charge in [0.05, 0.1) is 0 Å². The van der Waals surface area contributed by atoms with Gasteiger partial charge in [0, 0.05) is 6.54 Å². The first-order valence-corrected chi connectivity index (χ1v) is 7.12. The van der Waals surface area contributed by atoms with Crippen molar-refractivity contribution in [3.63, 3.8) is 0 Å². The third-order valence-corrected chi connectivity index (χ3v) is 5.05. The Morgan fingerprint density at radius 2 is 1.83 bits per heavy atom. The predicted molar refractivity (Wildman–Crippen MR) is 75.3 cm³/mol. The molecule has 0 radical (unpaired) electrons. The molecule has 18 heavy (non-hydrogen) atoms. The first-order valence-electron chi connectivity index (χ1n) is 7.12. The molecule has 0 aromatic carbocycles. The number of nitrogens with two attached hydrogens (primary N) is 1. The van der Waals surface area contributed by atoms with E-state index in [2.05, 4.69) is 24.1 Å². The van der Waals surface area contributed by atoms with Crippen LogP contribution in [0.3, 0.4) is 0 Å². The quantitative estimate of drug-likeness (QED) is 0.753. The van der Waals surface area contributed by atoms with Crippen molar-refractivity contribution in [1.82, 2.24) is 10.2 Å². The lowest BCUT2D eigenvalue weighted by Gasteiger charge is -2.43. The van der Waals surface area contributed by atoms with Crippen LogP contribution < -0.4 is 11.1 Å². The van der Waals surface area contributed by atoms with Gasteiger partial charge in [0.1, 0.15) is 5.54 Å². The van der Waals surface area contributed by atoms with Gasteiger partial charge < -0.3 is 16.0 Å². The summed E-state index contributed by atoms with van der Waals surface area (Å²) < 4.78 is 0. The molecule has 4 nitrogen and oxygen atoms in total. The van der Waals surface area contributed by atoms with Gasteiger partial charge in [-0.2, -0.15) is 0 Å². The maximum atomic E-state index is 11.5. The summed E-state index contributed by atoms with van der Waals surface area (Å²) in [5.41, 5.74) is 5.39. The van der Waals surface area contributed by atoms with Gasteiger partial charge >= 0.3 is 0 Å². The lowest BCUT2D eigenvalue weighted by Crippen LogP contribution is -2.59. The SMILES string of the molecule is CCC1(CC)CCN(CC(C)(NC)C(N)=O)CC1. The number of likely N-dealkylation sites (N-methyl/N-ethyl adjacent to an activating group) is 1. The lowest BCUT2D eigenvalue weighted by atomic mass is 9.74. The molecule has 0 saturated carbocycles. The minimum atomic E-state index is -0.613. The number of nitrogens with one attached hydrogen (secondary N) is 1. The average molecular weight is 255 g/mol. The molecule has 106 valence electrons. The number of primary amides is 1. The molecule has 1 fully saturated rings. The van der Waals surface area contributed by atoms with Crippen LogP contribution in [-0.4, -0.2) is 43.0 Å². The first kappa shape index (κ1) is 15.4. The van der Waals surface area contributed by atoms with Gasteiger partial charge in [-0.15, -0.1) is 0 Å². The summed E-state index contributed by atoms with van der Waals surface area (Å²) in [7, 11) is 1.80. The monoisotopic (exact) mass is 255 g/mol. The van der Waals surface area contributed by atoms with Gasteiger partial charge in [0.25, 0.3) is 0 Å². The van der Waals surface area contributed by atoms with Gasteiger partial charge in [-0.05, 0) is 45.3 Å². The number of rotatable bonds is 6. The van der Waals surface area contributed by atoms with E-state index in [9.17, 15) is 4.79 Å². The average Bonchev–Trinajstić information content (AvgIpc) is 2.39. The molecular weight excluding hydrogens is 226 g/mol. The highest BCUT2D eigenvalue weighted by molar-refractivity contribution is 5.84. The number of carbonyl (C=O) groups is 1. The van der Waals surface area contributed by atoms with E-state index in [4.69, 9.17) is 5.73 Å². The fourth-order valence-electron chi connectivity index (χ4n) is 2.87. The van der Waals surface area contributed by atoms with Crippen molar-refractivity contribution in [2.24, 2.45) is 11.1 Å². The van der Waals surface area contributed by atoms with Crippen LogP contribution in [0.4, 0.5) is 0 Å². The highest BCUT2D eigenvalue weighted by Gasteiger charge is 2.36. The third kappa shape index (κ3) is 3.23. The van der Waals surface area contributed by atoms with Gasteiger partial charge in [-0.25, -0.2) is 0 Å². The van der Waals surface area contributed by atoms with Crippen LogP contribution in [0.25, 0.3) is 0 Å². The number of carbonyl (C=O) groups excluding carboxylic acids is 1. The smallest absolute Gasteiger partial charge is 0.238 e. The molecule has 1 amide bonds. The van der Waals surface area contributed by atoms with Gasteiger partial charge in [0.15, 0.2) is 0 Å². The highest BCUT2D eigenvalue weighted by atomic mass is 16.1. The van der Waals surface area contributed by atoms with E-state index >= 15 is 0 Å². The zero-order valence-corrected chi connectivity index (χ0v) is 12.4. The topological polar surface area (TPSA) is 58.4 Å². The minimum Gasteiger partial charge on any atom is -0.368 e. The van der Waals surface area contributed by atoms with Crippen molar-refractivity contribution in [3.8, 4) is 0 Å². The summed E-state index contributed by atoms with van der Waals surface area (Å²) >= 11 is 0. The zero-order chi connectivity index (χ0) is 13.8. The molecule has 3 N–H and O–H groups in total. The van der Waals surface area contributed by atoms with E-state index in [-0.39, 0.29) is 5.91 Å². The lowest BCUT2D eigenvalue weighted by molar-refractivity contribution is -0.124. The molecule has 1 saturated heterocycles. The second-order valence-electron chi connectivity index (χ2n) is 5.93. The molecule has 1 rings (SSSR count). The van der Waals surface area contributed by atoms with E-state index in [1.54, 1.807) is 7.05 Å². The van der Waals surface area contributed by atoms with Crippen LogP contribution in [0, 0.1) is 5.41 Å². The van der Waals surface area contributed by atoms with Crippen molar-refractivity contribution in [3.05, 3.63) is 0 Å². The molecule has 1 aliphatic heterocycles. The van der Waals surface area contributed by atoms with Crippen LogP contribution in [0.5, 0.6) is 0 Å². The van der Waals surface area contributed by atoms with E-state index in [0.717, 1.165) is 13.1 Å². The molecule has 4 heteroatoms. The molecular formula is C14H29N3O. The summed E-state index contributed by atoms with van der Waals surface area (Å²) in [6.07, 6.45) is 4.99. The molecule has 1 aliphatic rings. The van der Waals surface area contributed by atoms with Gasteiger partial charge in [0.2, 0.25) is 5.91 Å². The van der Waals surface area contributed by atoms with E-state index in [0.29, 0.717) is 12.0 Å². The van der Waals surface area contributed by atoms with E-state index in [1.165, 1.54) is 25.7 Å². The summed E-state index contributed by atoms with van der Waals surface area (Å²) in [6, 6.07) is 0. The van der Waals surface area contributed by atoms with Crippen LogP contribution in [-0.2, 0) is 4.79 Å². The molecule has 0 bridgehead atoms. The largest absolute Gasteiger partial charge is 0.368 e. The number of likely N-dealkylation sites (tertiary alicyclic amines) is 1. The Balaban J connectivity index is 2.56. The highest BCUT2D eigenvalue weighted by Crippen LogP contribution is 2.38. The molecule has 0 aromatic rings. The summed E-state index contributed by atoms with van der Waals surface area (Å²) in [6.45, 7) is 9.33. The Kier molecular flexibility index (Phi) is 5.17. The Morgan fingerprint density at radius 1 is 1.33 bits per heavy atom. The van der Waals surface area contributed by atoms with Gasteiger partial charge in [-0.1, -0.05) is 26.7 Å². The number of hydrogen-bond acceptors (Lipinski definition) is 3. The van der Waals surface area contributed by atoms with Crippen LogP contribution in [0.1, 0.15) is 46.5 Å². The van der Waals surface area contributed by atoms with E-state index < -0.39 is 5.54 Å². The van der Waals surface area contributed by atoms with E-state index in [1.807, 2.05) is 6.92 Å². The Hall–Kier alpha value is -0.610. The number of amides is 1. The van der Waals surface area contributed by atoms with Crippen molar-refractivity contribution < 1.29 is 4.79 Å². The van der Waals surface area contributed by atoms with Crippen molar-refractivity contribution >= 4 is 5.91 Å². The van der Waals surface area contributed by atoms with Crippen LogP contribution in [0.2, 0.25) is 0 Å². The molecule has 0 spiro atoms. The fourth-order valence-corrected chi connectivity index (χ4v) is 2.87. The second kappa shape index (κ2) is 6.02. The molecule has 0 aromatic heterocycles. The molecule has 1 atom stereocenters. The molecule has 0 aliphatic carbocycles. The van der Waals surface area contributed by atoms with Crippen LogP contribution in [0.15, 0.2) is 0 Å². The zero-order valence-electron chi connectivity index (χ0n) is 12.4. The third-order valence-electron chi connectivity index (χ3n) is 5.05. The maximum Gasteiger partial charge on any atom is 0.238 e. The normalized spacial score (nSPS) is 23.6. The number of nitrogens with zero attached hydrogens (tertiary/aromatic N) is 1. The summed E-state index contributed by atoms with van der Waals surface area (Å²) in [5.74, 6) is -0.271. The first-order chi connectivity index (χ1) is 8.41. The van der Waals surface area contributed by atoms with Crippen molar-refractivity contribution in [2.45, 2.75) is 52.0 Å². The number of piperidine rings is 1. The van der Waals surface area contributed by atoms with Crippen molar-refractivity contribution in [2.75, 3.05) is 26.7 Å². The fraction of sp³-hybridized carbons (Fsp3) is 0.929.